The van der Waals surface area contributed by atoms with Gasteiger partial charge in [-0.15, -0.1) is 0 Å². The molecule has 18 heavy (non-hydrogen) atoms. The van der Waals surface area contributed by atoms with Crippen LogP contribution in [0.5, 0.6) is 0 Å². The van der Waals surface area contributed by atoms with Gasteiger partial charge in [0.05, 0.1) is 22.9 Å². The van der Waals surface area contributed by atoms with E-state index in [0.717, 1.165) is 12.8 Å². The summed E-state index contributed by atoms with van der Waals surface area (Å²) in [5, 5.41) is 11.9. The summed E-state index contributed by atoms with van der Waals surface area (Å²) < 4.78 is 24.0. The highest BCUT2D eigenvalue weighted by atomic mass is 32.2. The molecule has 0 unspecified atom stereocenters. The molecule has 1 rings (SSSR count). The molecule has 0 aliphatic rings. The van der Waals surface area contributed by atoms with E-state index in [0.29, 0.717) is 17.9 Å². The lowest BCUT2D eigenvalue weighted by molar-refractivity contribution is 0.319. The molecule has 5 nitrogen and oxygen atoms in total. The van der Waals surface area contributed by atoms with Crippen LogP contribution in [0.4, 0.5) is 11.4 Å². The van der Waals surface area contributed by atoms with Gasteiger partial charge in [0.2, 0.25) is 0 Å². The molecular weight excluding hydrogens is 252 g/mol. The van der Waals surface area contributed by atoms with Gasteiger partial charge in [0.15, 0.2) is 9.84 Å². The summed E-state index contributed by atoms with van der Waals surface area (Å²) in [6.45, 7) is 2.38. The fourth-order valence-corrected chi connectivity index (χ4v) is 2.82. The molecule has 0 fully saturated rings. The molecule has 1 aromatic carbocycles. The molecule has 0 saturated heterocycles. The topological polar surface area (TPSA) is 92.4 Å². The van der Waals surface area contributed by atoms with Crippen molar-refractivity contribution in [3.05, 3.63) is 18.2 Å². The lowest BCUT2D eigenvalue weighted by Gasteiger charge is -2.12. The summed E-state index contributed by atoms with van der Waals surface area (Å²) in [4.78, 5) is 0.160. The maximum atomic E-state index is 12.0. The van der Waals surface area contributed by atoms with Crippen molar-refractivity contribution in [2.75, 3.05) is 30.0 Å². The van der Waals surface area contributed by atoms with Crippen molar-refractivity contribution in [1.29, 1.82) is 0 Å². The summed E-state index contributed by atoms with van der Waals surface area (Å²) in [7, 11) is -3.49. The van der Waals surface area contributed by atoms with E-state index in [1.807, 2.05) is 0 Å². The molecule has 1 aromatic rings. The number of benzene rings is 1. The van der Waals surface area contributed by atoms with Crippen molar-refractivity contribution >= 4 is 21.2 Å². The molecule has 0 saturated carbocycles. The van der Waals surface area contributed by atoms with Crippen LogP contribution in [0.1, 0.15) is 19.8 Å². The number of unbranched alkanes of at least 4 members (excludes halogenated alkanes) is 1. The fraction of sp³-hybridized carbons (Fsp3) is 0.500. The second-order valence-corrected chi connectivity index (χ2v) is 6.16. The normalized spacial score (nSPS) is 11.4. The van der Waals surface area contributed by atoms with Crippen LogP contribution in [0.15, 0.2) is 23.1 Å². The van der Waals surface area contributed by atoms with Crippen LogP contribution in [0.25, 0.3) is 0 Å². The molecule has 102 valence electrons. The highest BCUT2D eigenvalue weighted by molar-refractivity contribution is 7.91. The molecule has 0 bridgehead atoms. The minimum Gasteiger partial charge on any atom is -0.399 e. The van der Waals surface area contributed by atoms with Crippen molar-refractivity contribution in [3.63, 3.8) is 0 Å². The molecule has 4 N–H and O–H groups in total. The molecule has 6 heteroatoms. The maximum absolute atomic E-state index is 12.0. The van der Waals surface area contributed by atoms with Crippen LogP contribution in [0, 0.1) is 0 Å². The van der Waals surface area contributed by atoms with Crippen LogP contribution in [0.2, 0.25) is 0 Å². The third kappa shape index (κ3) is 3.89. The largest absolute Gasteiger partial charge is 0.399 e. The highest BCUT2D eigenvalue weighted by Crippen LogP contribution is 2.25. The smallest absolute Gasteiger partial charge is 0.182 e. The van der Waals surface area contributed by atoms with Crippen molar-refractivity contribution in [1.82, 2.24) is 0 Å². The van der Waals surface area contributed by atoms with Gasteiger partial charge < -0.3 is 16.2 Å². The van der Waals surface area contributed by atoms with E-state index in [9.17, 15) is 8.42 Å². The zero-order valence-corrected chi connectivity index (χ0v) is 11.3. The van der Waals surface area contributed by atoms with Gasteiger partial charge in [-0.3, -0.25) is 0 Å². The molecule has 0 aliphatic heterocycles. The Kier molecular flexibility index (Phi) is 5.43. The van der Waals surface area contributed by atoms with Gasteiger partial charge in [-0.05, 0) is 24.6 Å². The van der Waals surface area contributed by atoms with E-state index < -0.39 is 16.4 Å². The SMILES string of the molecule is CCCCNc1ccc(N)cc1S(=O)(=O)CCO. The minimum atomic E-state index is -3.49. The molecule has 0 spiro atoms. The quantitative estimate of drug-likeness (QED) is 0.513. The first-order chi connectivity index (χ1) is 8.51. The molecule has 0 aromatic heterocycles. The third-order valence-corrected chi connectivity index (χ3v) is 4.27. The van der Waals surface area contributed by atoms with Gasteiger partial charge in [-0.1, -0.05) is 13.3 Å². The number of aliphatic hydroxyl groups excluding tert-OH is 1. The second-order valence-electron chi connectivity index (χ2n) is 4.08. The van der Waals surface area contributed by atoms with E-state index >= 15 is 0 Å². The Hall–Kier alpha value is -1.27. The van der Waals surface area contributed by atoms with E-state index in [2.05, 4.69) is 12.2 Å². The Morgan fingerprint density at radius 1 is 1.39 bits per heavy atom. The number of nitrogens with two attached hydrogens (primary N) is 1. The number of sulfone groups is 1. The van der Waals surface area contributed by atoms with Crippen LogP contribution < -0.4 is 11.1 Å². The average Bonchev–Trinajstić information content (AvgIpc) is 2.31. The zero-order chi connectivity index (χ0) is 13.6. The monoisotopic (exact) mass is 272 g/mol. The lowest BCUT2D eigenvalue weighted by Crippen LogP contribution is -2.14. The Morgan fingerprint density at radius 2 is 2.11 bits per heavy atom. The number of rotatable bonds is 7. The number of nitrogens with one attached hydrogen (secondary N) is 1. The average molecular weight is 272 g/mol. The third-order valence-electron chi connectivity index (χ3n) is 2.55. The lowest BCUT2D eigenvalue weighted by atomic mass is 10.2. The van der Waals surface area contributed by atoms with Gasteiger partial charge in [-0.2, -0.15) is 0 Å². The first-order valence-corrected chi connectivity index (χ1v) is 7.63. The maximum Gasteiger partial charge on any atom is 0.182 e. The summed E-state index contributed by atoms with van der Waals surface area (Å²) in [5.74, 6) is -0.293. The van der Waals surface area contributed by atoms with E-state index in [1.165, 1.54) is 6.07 Å². The Morgan fingerprint density at radius 3 is 2.72 bits per heavy atom. The molecule has 0 radical (unpaired) electrons. The van der Waals surface area contributed by atoms with Crippen LogP contribution in [-0.4, -0.2) is 32.4 Å². The Labute approximate surface area is 108 Å². The molecular formula is C12H20N2O3S. The summed E-state index contributed by atoms with van der Waals surface area (Å²) in [6, 6.07) is 4.75. The van der Waals surface area contributed by atoms with Gasteiger partial charge in [0.1, 0.15) is 0 Å². The van der Waals surface area contributed by atoms with E-state index in [-0.39, 0.29) is 10.6 Å². The first kappa shape index (κ1) is 14.8. The fourth-order valence-electron chi connectivity index (χ4n) is 1.57. The second kappa shape index (κ2) is 6.61. The zero-order valence-electron chi connectivity index (χ0n) is 10.5. The van der Waals surface area contributed by atoms with Gasteiger partial charge in [0, 0.05) is 12.2 Å². The summed E-state index contributed by atoms with van der Waals surface area (Å²) >= 11 is 0. The van der Waals surface area contributed by atoms with E-state index in [4.69, 9.17) is 10.8 Å². The minimum absolute atomic E-state index is 0.160. The summed E-state index contributed by atoms with van der Waals surface area (Å²) in [5.41, 5.74) is 6.56. The Bertz CT molecular complexity index is 486. The molecule has 0 amide bonds. The van der Waals surface area contributed by atoms with Crippen molar-refractivity contribution < 1.29 is 13.5 Å². The number of hydrogen-bond acceptors (Lipinski definition) is 5. The van der Waals surface area contributed by atoms with Crippen LogP contribution in [0.3, 0.4) is 0 Å². The van der Waals surface area contributed by atoms with Gasteiger partial charge in [0.25, 0.3) is 0 Å². The standard InChI is InChI=1S/C12H20N2O3S/c1-2-3-6-14-11-5-4-10(13)9-12(11)18(16,17)8-7-15/h4-5,9,14-15H,2-3,6-8,13H2,1H3. The number of hydrogen-bond donors (Lipinski definition) is 3. The molecule has 0 heterocycles. The van der Waals surface area contributed by atoms with Crippen molar-refractivity contribution in [3.8, 4) is 0 Å². The number of nitrogen functional groups attached to an aromatic ring is 1. The highest BCUT2D eigenvalue weighted by Gasteiger charge is 2.18. The number of aliphatic hydroxyl groups is 1. The predicted molar refractivity (Wildman–Crippen MR) is 73.4 cm³/mol. The van der Waals surface area contributed by atoms with Gasteiger partial charge in [-0.25, -0.2) is 8.42 Å². The van der Waals surface area contributed by atoms with E-state index in [1.54, 1.807) is 12.1 Å². The van der Waals surface area contributed by atoms with Gasteiger partial charge >= 0.3 is 0 Å². The first-order valence-electron chi connectivity index (χ1n) is 5.98. The predicted octanol–water partition coefficient (Wildman–Crippen LogP) is 1.25. The van der Waals surface area contributed by atoms with Crippen molar-refractivity contribution in [2.45, 2.75) is 24.7 Å². The van der Waals surface area contributed by atoms with Crippen molar-refractivity contribution in [2.24, 2.45) is 0 Å². The molecule has 0 aliphatic carbocycles. The number of anilines is 2. The van der Waals surface area contributed by atoms with Crippen LogP contribution >= 0.6 is 0 Å². The van der Waals surface area contributed by atoms with Crippen LogP contribution in [-0.2, 0) is 9.84 Å². The summed E-state index contributed by atoms with van der Waals surface area (Å²) in [6.07, 6.45) is 1.99. The molecule has 0 atom stereocenters. The Balaban J connectivity index is 3.04.